The number of benzene rings is 1. The number of carbonyl (C=O) groups excluding carboxylic acids is 1. The summed E-state index contributed by atoms with van der Waals surface area (Å²) in [6.45, 7) is 5.09. The summed E-state index contributed by atoms with van der Waals surface area (Å²) in [7, 11) is -3.57. The molecule has 1 aromatic rings. The van der Waals surface area contributed by atoms with Crippen molar-refractivity contribution in [3.05, 3.63) is 23.8 Å². The molecule has 6 nitrogen and oxygen atoms in total. The molecule has 0 radical (unpaired) electrons. The van der Waals surface area contributed by atoms with Crippen molar-refractivity contribution < 1.29 is 13.2 Å². The molecule has 2 aliphatic heterocycles. The Balaban J connectivity index is 1.93. The van der Waals surface area contributed by atoms with Gasteiger partial charge in [-0.25, -0.2) is 8.42 Å². The van der Waals surface area contributed by atoms with Crippen LogP contribution in [0.5, 0.6) is 0 Å². The SMILES string of the molecule is CC(=O)N1CCCc2ccc(S(=O)(=O)N3CCCC(C(C)N)C3)cc21. The van der Waals surface area contributed by atoms with Gasteiger partial charge in [0, 0.05) is 38.3 Å². The molecule has 0 aromatic heterocycles. The predicted molar refractivity (Wildman–Crippen MR) is 97.9 cm³/mol. The van der Waals surface area contributed by atoms with E-state index in [4.69, 9.17) is 5.73 Å². The normalized spacial score (nSPS) is 23.2. The van der Waals surface area contributed by atoms with E-state index < -0.39 is 10.0 Å². The lowest BCUT2D eigenvalue weighted by Gasteiger charge is -2.34. The molecule has 0 spiro atoms. The van der Waals surface area contributed by atoms with Crippen LogP contribution in [0, 0.1) is 5.92 Å². The Labute approximate surface area is 150 Å². The van der Waals surface area contributed by atoms with E-state index >= 15 is 0 Å². The van der Waals surface area contributed by atoms with Gasteiger partial charge in [-0.05, 0) is 56.2 Å². The zero-order valence-corrected chi connectivity index (χ0v) is 15.8. The largest absolute Gasteiger partial charge is 0.328 e. The summed E-state index contributed by atoms with van der Waals surface area (Å²) < 4.78 is 27.7. The summed E-state index contributed by atoms with van der Waals surface area (Å²) in [5.74, 6) is 0.139. The third-order valence-corrected chi connectivity index (χ3v) is 7.22. The van der Waals surface area contributed by atoms with Gasteiger partial charge < -0.3 is 10.6 Å². The molecule has 1 aromatic carbocycles. The second-order valence-electron chi connectivity index (χ2n) is 7.19. The van der Waals surface area contributed by atoms with Crippen LogP contribution in [0.15, 0.2) is 23.1 Å². The lowest BCUT2D eigenvalue weighted by molar-refractivity contribution is -0.116. The predicted octanol–water partition coefficient (Wildman–Crippen LogP) is 1.73. The van der Waals surface area contributed by atoms with Gasteiger partial charge in [0.1, 0.15) is 0 Å². The maximum Gasteiger partial charge on any atom is 0.243 e. The number of fused-ring (bicyclic) bond motifs is 1. The Hall–Kier alpha value is -1.44. The molecule has 2 atom stereocenters. The Bertz CT molecular complexity index is 761. The first-order valence-electron chi connectivity index (χ1n) is 8.97. The van der Waals surface area contributed by atoms with E-state index in [-0.39, 0.29) is 22.8 Å². The molecule has 1 saturated heterocycles. The molecule has 2 unspecified atom stereocenters. The lowest BCUT2D eigenvalue weighted by atomic mass is 9.93. The fourth-order valence-electron chi connectivity index (χ4n) is 3.81. The summed E-state index contributed by atoms with van der Waals surface area (Å²) in [6.07, 6.45) is 3.57. The van der Waals surface area contributed by atoms with E-state index in [0.29, 0.717) is 19.6 Å². The zero-order valence-electron chi connectivity index (χ0n) is 14.9. The number of sulfonamides is 1. The zero-order chi connectivity index (χ0) is 18.2. The van der Waals surface area contributed by atoms with E-state index in [2.05, 4.69) is 0 Å². The average Bonchev–Trinajstić information content (AvgIpc) is 2.60. The first-order chi connectivity index (χ1) is 11.8. The summed E-state index contributed by atoms with van der Waals surface area (Å²) in [5.41, 5.74) is 7.76. The van der Waals surface area contributed by atoms with Crippen molar-refractivity contribution in [3.8, 4) is 0 Å². The highest BCUT2D eigenvalue weighted by molar-refractivity contribution is 7.89. The number of rotatable bonds is 3. The number of nitrogens with zero attached hydrogens (tertiary/aromatic N) is 2. The number of nitrogens with two attached hydrogens (primary N) is 1. The number of aryl methyl sites for hydroxylation is 1. The third-order valence-electron chi connectivity index (χ3n) is 5.36. The molecule has 0 aliphatic carbocycles. The summed E-state index contributed by atoms with van der Waals surface area (Å²) in [5, 5.41) is 0. The maximum absolute atomic E-state index is 13.1. The van der Waals surface area contributed by atoms with Crippen LogP contribution in [-0.2, 0) is 21.2 Å². The van der Waals surface area contributed by atoms with Crippen LogP contribution in [0.1, 0.15) is 38.7 Å². The topological polar surface area (TPSA) is 83.7 Å². The van der Waals surface area contributed by atoms with Crippen LogP contribution in [0.25, 0.3) is 0 Å². The summed E-state index contributed by atoms with van der Waals surface area (Å²) >= 11 is 0. The number of anilines is 1. The van der Waals surface area contributed by atoms with Gasteiger partial charge in [0.05, 0.1) is 4.90 Å². The first-order valence-corrected chi connectivity index (χ1v) is 10.4. The van der Waals surface area contributed by atoms with Crippen molar-refractivity contribution in [2.45, 2.75) is 50.5 Å². The Morgan fingerprint density at radius 1 is 1.28 bits per heavy atom. The number of hydrogen-bond acceptors (Lipinski definition) is 4. The van der Waals surface area contributed by atoms with Crippen LogP contribution >= 0.6 is 0 Å². The summed E-state index contributed by atoms with van der Waals surface area (Å²) in [6, 6.07) is 5.17. The van der Waals surface area contributed by atoms with Gasteiger partial charge in [-0.1, -0.05) is 6.07 Å². The number of carbonyl (C=O) groups is 1. The van der Waals surface area contributed by atoms with E-state index in [9.17, 15) is 13.2 Å². The highest BCUT2D eigenvalue weighted by Gasteiger charge is 2.32. The monoisotopic (exact) mass is 365 g/mol. The minimum atomic E-state index is -3.57. The van der Waals surface area contributed by atoms with Crippen LogP contribution < -0.4 is 10.6 Å². The molecule has 2 N–H and O–H groups in total. The number of hydrogen-bond donors (Lipinski definition) is 1. The fraction of sp³-hybridized carbons (Fsp3) is 0.611. The van der Waals surface area contributed by atoms with Crippen molar-refractivity contribution in [1.82, 2.24) is 4.31 Å². The molecule has 1 fully saturated rings. The molecule has 2 aliphatic rings. The third kappa shape index (κ3) is 3.59. The molecule has 1 amide bonds. The molecule has 2 heterocycles. The number of piperidine rings is 1. The van der Waals surface area contributed by atoms with Crippen molar-refractivity contribution in [3.63, 3.8) is 0 Å². The van der Waals surface area contributed by atoms with Gasteiger partial charge in [0.2, 0.25) is 15.9 Å². The maximum atomic E-state index is 13.1. The van der Waals surface area contributed by atoms with E-state index in [1.807, 2.05) is 13.0 Å². The van der Waals surface area contributed by atoms with Gasteiger partial charge >= 0.3 is 0 Å². The second-order valence-corrected chi connectivity index (χ2v) is 9.13. The smallest absolute Gasteiger partial charge is 0.243 e. The molecule has 3 rings (SSSR count). The molecule has 25 heavy (non-hydrogen) atoms. The van der Waals surface area contributed by atoms with Gasteiger partial charge in [-0.15, -0.1) is 0 Å². The van der Waals surface area contributed by atoms with E-state index in [0.717, 1.165) is 36.9 Å². The van der Waals surface area contributed by atoms with Crippen LogP contribution in [0.3, 0.4) is 0 Å². The molecule has 7 heteroatoms. The van der Waals surface area contributed by atoms with Crippen LogP contribution in [0.2, 0.25) is 0 Å². The Morgan fingerprint density at radius 2 is 2.04 bits per heavy atom. The minimum Gasteiger partial charge on any atom is -0.328 e. The molecule has 0 saturated carbocycles. The van der Waals surface area contributed by atoms with Gasteiger partial charge in [0.25, 0.3) is 0 Å². The minimum absolute atomic E-state index is 0.0188. The Kier molecular flexibility index (Phi) is 5.18. The highest BCUT2D eigenvalue weighted by Crippen LogP contribution is 2.32. The first kappa shape index (κ1) is 18.4. The lowest BCUT2D eigenvalue weighted by Crippen LogP contribution is -2.45. The standard InChI is InChI=1S/C18H27N3O3S/c1-13(19)16-6-3-9-20(12-16)25(23,24)17-8-7-15-5-4-10-21(14(2)22)18(15)11-17/h7-8,11,13,16H,3-6,9-10,12,19H2,1-2H3. The van der Waals surface area contributed by atoms with Crippen LogP contribution in [0.4, 0.5) is 5.69 Å². The van der Waals surface area contributed by atoms with E-state index in [1.54, 1.807) is 21.3 Å². The van der Waals surface area contributed by atoms with Crippen molar-refractivity contribution in [1.29, 1.82) is 0 Å². The molecule has 138 valence electrons. The van der Waals surface area contributed by atoms with Crippen LogP contribution in [-0.4, -0.2) is 44.3 Å². The molecular weight excluding hydrogens is 338 g/mol. The van der Waals surface area contributed by atoms with Gasteiger partial charge in [0.15, 0.2) is 0 Å². The van der Waals surface area contributed by atoms with Gasteiger partial charge in [-0.3, -0.25) is 4.79 Å². The molecule has 0 bridgehead atoms. The van der Waals surface area contributed by atoms with Crippen molar-refractivity contribution in [2.24, 2.45) is 11.7 Å². The second kappa shape index (κ2) is 7.05. The summed E-state index contributed by atoms with van der Waals surface area (Å²) in [4.78, 5) is 13.8. The quantitative estimate of drug-likeness (QED) is 0.884. The average molecular weight is 365 g/mol. The van der Waals surface area contributed by atoms with Gasteiger partial charge in [-0.2, -0.15) is 4.31 Å². The van der Waals surface area contributed by atoms with E-state index in [1.165, 1.54) is 6.92 Å². The number of amides is 1. The highest BCUT2D eigenvalue weighted by atomic mass is 32.2. The van der Waals surface area contributed by atoms with Crippen molar-refractivity contribution >= 4 is 21.6 Å². The van der Waals surface area contributed by atoms with Crippen molar-refractivity contribution in [2.75, 3.05) is 24.5 Å². The fourth-order valence-corrected chi connectivity index (χ4v) is 5.37. The Morgan fingerprint density at radius 3 is 2.72 bits per heavy atom. The molecular formula is C18H27N3O3S.